The van der Waals surface area contributed by atoms with Gasteiger partial charge >= 0.3 is 5.97 Å². The second kappa shape index (κ2) is 5.37. The number of rotatable bonds is 2. The molecule has 0 aliphatic heterocycles. The van der Waals surface area contributed by atoms with Gasteiger partial charge < -0.3 is 5.11 Å². The zero-order chi connectivity index (χ0) is 14.2. The van der Waals surface area contributed by atoms with Crippen LogP contribution in [-0.2, 0) is 0 Å². The van der Waals surface area contributed by atoms with Crippen LogP contribution in [0.5, 0.6) is 0 Å². The van der Waals surface area contributed by atoms with Crippen LogP contribution in [0.25, 0.3) is 11.1 Å². The molecule has 0 saturated heterocycles. The number of carboxylic acids is 1. The maximum absolute atomic E-state index is 13.6. The van der Waals surface area contributed by atoms with E-state index in [-0.39, 0.29) is 5.02 Å². The molecule has 0 spiro atoms. The molecule has 0 aliphatic carbocycles. The molecule has 98 valence electrons. The smallest absolute Gasteiger partial charge is 0.338 e. The van der Waals surface area contributed by atoms with Crippen LogP contribution in [0.4, 0.5) is 4.39 Å². The summed E-state index contributed by atoms with van der Waals surface area (Å²) in [4.78, 5) is 10.8. The van der Waals surface area contributed by atoms with E-state index >= 15 is 0 Å². The standard InChI is InChI=1S/C13H6Cl3FO2/c14-9-2-1-6(3-11(9)16)7-5-12(17)8(13(18)19)4-10(7)15/h1-5H,(H,18,19). The summed E-state index contributed by atoms with van der Waals surface area (Å²) in [6.45, 7) is 0. The van der Waals surface area contributed by atoms with Gasteiger partial charge in [0.15, 0.2) is 0 Å². The third-order valence-corrected chi connectivity index (χ3v) is 3.57. The van der Waals surface area contributed by atoms with Crippen molar-refractivity contribution in [3.8, 4) is 11.1 Å². The summed E-state index contributed by atoms with van der Waals surface area (Å²) in [5.41, 5.74) is 0.423. The Morgan fingerprint density at radius 1 is 1.00 bits per heavy atom. The molecule has 2 rings (SSSR count). The van der Waals surface area contributed by atoms with Crippen LogP contribution in [0.2, 0.25) is 15.1 Å². The van der Waals surface area contributed by atoms with Gasteiger partial charge in [-0.3, -0.25) is 0 Å². The quantitative estimate of drug-likeness (QED) is 0.831. The Hall–Kier alpha value is -1.29. The van der Waals surface area contributed by atoms with E-state index in [4.69, 9.17) is 39.9 Å². The van der Waals surface area contributed by atoms with E-state index < -0.39 is 17.3 Å². The lowest BCUT2D eigenvalue weighted by Gasteiger charge is -2.08. The van der Waals surface area contributed by atoms with Gasteiger partial charge in [-0.2, -0.15) is 0 Å². The molecule has 19 heavy (non-hydrogen) atoms. The van der Waals surface area contributed by atoms with E-state index in [9.17, 15) is 9.18 Å². The maximum atomic E-state index is 13.6. The summed E-state index contributed by atoms with van der Waals surface area (Å²) in [6, 6.07) is 6.83. The van der Waals surface area contributed by atoms with Crippen LogP contribution >= 0.6 is 34.8 Å². The van der Waals surface area contributed by atoms with Crippen LogP contribution in [0.3, 0.4) is 0 Å². The fourth-order valence-electron chi connectivity index (χ4n) is 1.60. The molecule has 6 heteroatoms. The number of benzene rings is 2. The Bertz CT molecular complexity index is 671. The second-order valence-electron chi connectivity index (χ2n) is 3.75. The number of halogens is 4. The first kappa shape index (κ1) is 14.1. The molecule has 0 saturated carbocycles. The highest BCUT2D eigenvalue weighted by Gasteiger charge is 2.15. The van der Waals surface area contributed by atoms with Crippen molar-refractivity contribution >= 4 is 40.8 Å². The molecule has 0 atom stereocenters. The second-order valence-corrected chi connectivity index (χ2v) is 4.97. The minimum absolute atomic E-state index is 0.122. The molecule has 0 aliphatic rings. The van der Waals surface area contributed by atoms with Crippen LogP contribution in [0, 0.1) is 5.82 Å². The molecule has 0 fully saturated rings. The molecule has 1 N–H and O–H groups in total. The normalized spacial score (nSPS) is 10.5. The van der Waals surface area contributed by atoms with Gasteiger partial charge in [-0.15, -0.1) is 0 Å². The third kappa shape index (κ3) is 2.84. The summed E-state index contributed by atoms with van der Waals surface area (Å²) in [5, 5.41) is 9.59. The van der Waals surface area contributed by atoms with Gasteiger partial charge in [-0.05, 0) is 29.8 Å². The fraction of sp³-hybridized carbons (Fsp3) is 0. The number of carbonyl (C=O) groups is 1. The van der Waals surface area contributed by atoms with Gasteiger partial charge in [0.05, 0.1) is 15.6 Å². The Kier molecular flexibility index (Phi) is 3.99. The van der Waals surface area contributed by atoms with Crippen LogP contribution < -0.4 is 0 Å². The Morgan fingerprint density at radius 3 is 2.26 bits per heavy atom. The van der Waals surface area contributed by atoms with Gasteiger partial charge in [-0.1, -0.05) is 40.9 Å². The maximum Gasteiger partial charge on any atom is 0.338 e. The van der Waals surface area contributed by atoms with Crippen molar-refractivity contribution in [3.05, 3.63) is 56.8 Å². The van der Waals surface area contributed by atoms with Crippen molar-refractivity contribution in [2.75, 3.05) is 0 Å². The summed E-state index contributed by atoms with van der Waals surface area (Å²) >= 11 is 17.6. The van der Waals surface area contributed by atoms with Gasteiger partial charge in [0.2, 0.25) is 0 Å². The zero-order valence-corrected chi connectivity index (χ0v) is 11.5. The lowest BCUT2D eigenvalue weighted by atomic mass is 10.0. The summed E-state index contributed by atoms with van der Waals surface area (Å²) in [7, 11) is 0. The van der Waals surface area contributed by atoms with Gasteiger partial charge in [-0.25, -0.2) is 9.18 Å². The monoisotopic (exact) mass is 318 g/mol. The Labute approximate surface area is 123 Å². The summed E-state index contributed by atoms with van der Waals surface area (Å²) < 4.78 is 13.6. The van der Waals surface area contributed by atoms with Gasteiger partial charge in [0, 0.05) is 10.6 Å². The fourth-order valence-corrected chi connectivity index (χ4v) is 2.17. The average Bonchev–Trinajstić information content (AvgIpc) is 2.35. The molecule has 0 heterocycles. The molecule has 0 bridgehead atoms. The average molecular weight is 320 g/mol. The molecular formula is C13H6Cl3FO2. The van der Waals surface area contributed by atoms with Crippen molar-refractivity contribution in [2.24, 2.45) is 0 Å². The number of aromatic carboxylic acids is 1. The SMILES string of the molecule is O=C(O)c1cc(Cl)c(-c2ccc(Cl)c(Cl)c2)cc1F. The van der Waals surface area contributed by atoms with Gasteiger partial charge in [0.1, 0.15) is 5.82 Å². The van der Waals surface area contributed by atoms with Crippen molar-refractivity contribution in [1.82, 2.24) is 0 Å². The first-order chi connectivity index (χ1) is 8.90. The molecule has 0 unspecified atom stereocenters. The highest BCUT2D eigenvalue weighted by molar-refractivity contribution is 6.42. The predicted molar refractivity (Wildman–Crippen MR) is 73.8 cm³/mol. The lowest BCUT2D eigenvalue weighted by molar-refractivity contribution is 0.0692. The topological polar surface area (TPSA) is 37.3 Å². The van der Waals surface area contributed by atoms with Crippen LogP contribution in [-0.4, -0.2) is 11.1 Å². The Balaban J connectivity index is 2.60. The van der Waals surface area contributed by atoms with E-state index in [1.807, 2.05) is 0 Å². The van der Waals surface area contributed by atoms with Crippen molar-refractivity contribution in [2.45, 2.75) is 0 Å². The van der Waals surface area contributed by atoms with E-state index in [0.29, 0.717) is 21.2 Å². The summed E-state index contributed by atoms with van der Waals surface area (Å²) in [6.07, 6.45) is 0. The highest BCUT2D eigenvalue weighted by Crippen LogP contribution is 2.34. The Morgan fingerprint density at radius 2 is 1.68 bits per heavy atom. The molecule has 0 radical (unpaired) electrons. The van der Waals surface area contributed by atoms with Gasteiger partial charge in [0.25, 0.3) is 0 Å². The molecular weight excluding hydrogens is 313 g/mol. The van der Waals surface area contributed by atoms with E-state index in [1.165, 1.54) is 6.07 Å². The molecule has 2 aromatic carbocycles. The van der Waals surface area contributed by atoms with Crippen LogP contribution in [0.15, 0.2) is 30.3 Å². The van der Waals surface area contributed by atoms with E-state index in [1.54, 1.807) is 12.1 Å². The van der Waals surface area contributed by atoms with Crippen molar-refractivity contribution in [3.63, 3.8) is 0 Å². The zero-order valence-electron chi connectivity index (χ0n) is 9.25. The minimum Gasteiger partial charge on any atom is -0.478 e. The molecule has 0 amide bonds. The molecule has 2 nitrogen and oxygen atoms in total. The number of carboxylic acid groups (broad SMARTS) is 1. The van der Waals surface area contributed by atoms with Crippen molar-refractivity contribution in [1.29, 1.82) is 0 Å². The number of hydrogen-bond donors (Lipinski definition) is 1. The molecule has 0 aromatic heterocycles. The molecule has 2 aromatic rings. The third-order valence-electron chi connectivity index (χ3n) is 2.52. The van der Waals surface area contributed by atoms with E-state index in [2.05, 4.69) is 0 Å². The van der Waals surface area contributed by atoms with E-state index in [0.717, 1.165) is 12.1 Å². The first-order valence-corrected chi connectivity index (χ1v) is 6.21. The minimum atomic E-state index is -1.37. The van der Waals surface area contributed by atoms with Crippen molar-refractivity contribution < 1.29 is 14.3 Å². The highest BCUT2D eigenvalue weighted by atomic mass is 35.5. The lowest BCUT2D eigenvalue weighted by Crippen LogP contribution is -2.01. The number of hydrogen-bond acceptors (Lipinski definition) is 1. The predicted octanol–water partition coefficient (Wildman–Crippen LogP) is 5.15. The first-order valence-electron chi connectivity index (χ1n) is 5.08. The van der Waals surface area contributed by atoms with Crippen LogP contribution in [0.1, 0.15) is 10.4 Å². The summed E-state index contributed by atoms with van der Waals surface area (Å²) in [5.74, 6) is -2.24. The largest absolute Gasteiger partial charge is 0.478 e.